The zero-order chi connectivity index (χ0) is 20.5. The van der Waals surface area contributed by atoms with Crippen LogP contribution in [0.2, 0.25) is 0 Å². The number of nitrogens with zero attached hydrogens (tertiary/aromatic N) is 4. The van der Waals surface area contributed by atoms with Crippen LogP contribution in [0.15, 0.2) is 24.5 Å². The molecule has 2 saturated heterocycles. The Morgan fingerprint density at radius 1 is 1.28 bits per heavy atom. The van der Waals surface area contributed by atoms with Crippen LogP contribution in [0, 0.1) is 11.8 Å². The van der Waals surface area contributed by atoms with Crippen molar-refractivity contribution in [3.05, 3.63) is 30.1 Å². The Morgan fingerprint density at radius 2 is 2.10 bits per heavy atom. The lowest BCUT2D eigenvalue weighted by atomic mass is 9.86. The van der Waals surface area contributed by atoms with Crippen LogP contribution in [0.1, 0.15) is 45.6 Å². The normalized spacial score (nSPS) is 23.8. The number of anilines is 1. The van der Waals surface area contributed by atoms with Crippen molar-refractivity contribution in [3.63, 3.8) is 0 Å². The number of urea groups is 1. The SMILES string of the molecule is CC(C)CN1CCC(Cc2ccn3ncc(N4CCC(=O)NC4=O)c3c2)CC1C. The van der Waals surface area contributed by atoms with E-state index in [9.17, 15) is 9.59 Å². The predicted molar refractivity (Wildman–Crippen MR) is 113 cm³/mol. The summed E-state index contributed by atoms with van der Waals surface area (Å²) in [4.78, 5) is 27.9. The molecule has 3 amide bonds. The molecule has 0 radical (unpaired) electrons. The second-order valence-electron chi connectivity index (χ2n) is 8.98. The molecule has 2 aliphatic rings. The zero-order valence-corrected chi connectivity index (χ0v) is 17.6. The molecule has 2 unspecified atom stereocenters. The van der Waals surface area contributed by atoms with Crippen molar-refractivity contribution in [3.8, 4) is 0 Å². The van der Waals surface area contributed by atoms with Gasteiger partial charge in [0, 0.05) is 31.7 Å². The molecule has 7 nitrogen and oxygen atoms in total. The van der Waals surface area contributed by atoms with Crippen molar-refractivity contribution in [1.29, 1.82) is 0 Å². The van der Waals surface area contributed by atoms with Gasteiger partial charge in [0.2, 0.25) is 5.91 Å². The van der Waals surface area contributed by atoms with Crippen LogP contribution in [0.3, 0.4) is 0 Å². The second kappa shape index (κ2) is 8.14. The summed E-state index contributed by atoms with van der Waals surface area (Å²) < 4.78 is 1.80. The van der Waals surface area contributed by atoms with Crippen molar-refractivity contribution in [2.24, 2.45) is 11.8 Å². The van der Waals surface area contributed by atoms with Gasteiger partial charge in [0.25, 0.3) is 0 Å². The molecular weight excluding hydrogens is 366 g/mol. The summed E-state index contributed by atoms with van der Waals surface area (Å²) in [7, 11) is 0. The molecule has 2 aliphatic heterocycles. The number of aromatic nitrogens is 2. The van der Waals surface area contributed by atoms with E-state index in [0.717, 1.165) is 17.6 Å². The number of piperidine rings is 1. The van der Waals surface area contributed by atoms with Crippen molar-refractivity contribution in [1.82, 2.24) is 19.8 Å². The maximum atomic E-state index is 12.2. The molecule has 4 heterocycles. The van der Waals surface area contributed by atoms with E-state index in [1.807, 2.05) is 6.20 Å². The smallest absolute Gasteiger partial charge is 0.300 e. The minimum atomic E-state index is -0.368. The standard InChI is InChI=1S/C22H31N5O2/c1-15(2)14-25-7-4-17(10-16(25)3)11-18-5-9-27-19(12-18)20(13-23-27)26-8-6-21(28)24-22(26)29/h5,9,12-13,15-17H,4,6-8,10-11,14H2,1-3H3,(H,24,28,29). The molecule has 0 saturated carbocycles. The lowest BCUT2D eigenvalue weighted by molar-refractivity contribution is -0.120. The van der Waals surface area contributed by atoms with Crippen molar-refractivity contribution in [2.45, 2.75) is 52.5 Å². The highest BCUT2D eigenvalue weighted by Gasteiger charge is 2.28. The summed E-state index contributed by atoms with van der Waals surface area (Å²) in [6.45, 7) is 9.67. The Labute approximate surface area is 172 Å². The number of imide groups is 1. The van der Waals surface area contributed by atoms with E-state index in [4.69, 9.17) is 0 Å². The van der Waals surface area contributed by atoms with E-state index in [1.165, 1.54) is 31.5 Å². The lowest BCUT2D eigenvalue weighted by Crippen LogP contribution is -2.49. The third-order valence-corrected chi connectivity index (χ3v) is 6.16. The van der Waals surface area contributed by atoms with Crippen LogP contribution in [0.25, 0.3) is 5.52 Å². The van der Waals surface area contributed by atoms with Gasteiger partial charge < -0.3 is 4.90 Å². The predicted octanol–water partition coefficient (Wildman–Crippen LogP) is 3.08. The van der Waals surface area contributed by atoms with Gasteiger partial charge in [-0.15, -0.1) is 0 Å². The Hall–Kier alpha value is -2.41. The fourth-order valence-electron chi connectivity index (χ4n) is 4.72. The Bertz CT molecular complexity index is 906. The maximum absolute atomic E-state index is 12.2. The first-order valence-corrected chi connectivity index (χ1v) is 10.7. The number of pyridine rings is 1. The highest BCUT2D eigenvalue weighted by Crippen LogP contribution is 2.29. The van der Waals surface area contributed by atoms with E-state index in [1.54, 1.807) is 15.6 Å². The monoisotopic (exact) mass is 397 g/mol. The zero-order valence-electron chi connectivity index (χ0n) is 17.6. The first-order valence-electron chi connectivity index (χ1n) is 10.7. The molecule has 7 heteroatoms. The molecule has 2 fully saturated rings. The largest absolute Gasteiger partial charge is 0.328 e. The highest BCUT2D eigenvalue weighted by molar-refractivity contribution is 6.07. The third-order valence-electron chi connectivity index (χ3n) is 6.16. The maximum Gasteiger partial charge on any atom is 0.328 e. The molecule has 2 atom stereocenters. The van der Waals surface area contributed by atoms with Gasteiger partial charge in [-0.3, -0.25) is 15.0 Å². The van der Waals surface area contributed by atoms with Crippen LogP contribution >= 0.6 is 0 Å². The summed E-state index contributed by atoms with van der Waals surface area (Å²) in [5, 5.41) is 6.78. The molecule has 0 aromatic carbocycles. The van der Waals surface area contributed by atoms with Crippen molar-refractivity contribution < 1.29 is 9.59 Å². The Balaban J connectivity index is 1.48. The van der Waals surface area contributed by atoms with Crippen LogP contribution in [-0.2, 0) is 11.2 Å². The number of carbonyl (C=O) groups is 2. The molecule has 156 valence electrons. The van der Waals surface area contributed by atoms with Crippen LogP contribution in [0.4, 0.5) is 10.5 Å². The van der Waals surface area contributed by atoms with Gasteiger partial charge in [0.15, 0.2) is 0 Å². The average Bonchev–Trinajstić information content (AvgIpc) is 3.07. The van der Waals surface area contributed by atoms with Crippen LogP contribution in [-0.4, -0.2) is 52.1 Å². The highest BCUT2D eigenvalue weighted by atomic mass is 16.2. The van der Waals surface area contributed by atoms with Gasteiger partial charge in [0.05, 0.1) is 17.4 Å². The van der Waals surface area contributed by atoms with Gasteiger partial charge in [-0.1, -0.05) is 13.8 Å². The minimum Gasteiger partial charge on any atom is -0.300 e. The molecule has 2 aromatic heterocycles. The van der Waals surface area contributed by atoms with Crippen LogP contribution in [0.5, 0.6) is 0 Å². The molecule has 0 spiro atoms. The van der Waals surface area contributed by atoms with E-state index in [2.05, 4.69) is 48.2 Å². The Kier molecular flexibility index (Phi) is 5.58. The molecular formula is C22H31N5O2. The van der Waals surface area contributed by atoms with Crippen LogP contribution < -0.4 is 10.2 Å². The second-order valence-corrected chi connectivity index (χ2v) is 8.98. The first-order chi connectivity index (χ1) is 13.9. The summed E-state index contributed by atoms with van der Waals surface area (Å²) in [5.41, 5.74) is 2.96. The number of amides is 3. The summed E-state index contributed by atoms with van der Waals surface area (Å²) in [6, 6.07) is 4.54. The summed E-state index contributed by atoms with van der Waals surface area (Å²) in [6.07, 6.45) is 7.49. The van der Waals surface area contributed by atoms with E-state index < -0.39 is 0 Å². The lowest BCUT2D eigenvalue weighted by Gasteiger charge is -2.38. The van der Waals surface area contributed by atoms with E-state index in [-0.39, 0.29) is 11.9 Å². The molecule has 4 rings (SSSR count). The van der Waals surface area contributed by atoms with Crippen molar-refractivity contribution >= 4 is 23.1 Å². The average molecular weight is 398 g/mol. The Morgan fingerprint density at radius 3 is 2.83 bits per heavy atom. The molecule has 29 heavy (non-hydrogen) atoms. The first kappa shape index (κ1) is 19.9. The number of carbonyl (C=O) groups excluding carboxylic acids is 2. The number of hydrogen-bond donors (Lipinski definition) is 1. The number of rotatable bonds is 5. The number of likely N-dealkylation sites (tertiary alicyclic amines) is 1. The molecule has 0 bridgehead atoms. The fraction of sp³-hybridized carbons (Fsp3) is 0.591. The fourth-order valence-corrected chi connectivity index (χ4v) is 4.72. The number of fused-ring (bicyclic) bond motifs is 1. The topological polar surface area (TPSA) is 70.0 Å². The van der Waals surface area contributed by atoms with Gasteiger partial charge >= 0.3 is 6.03 Å². The minimum absolute atomic E-state index is 0.221. The molecule has 0 aliphatic carbocycles. The van der Waals surface area contributed by atoms with Gasteiger partial charge in [0.1, 0.15) is 0 Å². The van der Waals surface area contributed by atoms with Crippen molar-refractivity contribution in [2.75, 3.05) is 24.5 Å². The number of nitrogens with one attached hydrogen (secondary N) is 1. The summed E-state index contributed by atoms with van der Waals surface area (Å²) >= 11 is 0. The quantitative estimate of drug-likeness (QED) is 0.842. The number of hydrogen-bond acceptors (Lipinski definition) is 4. The van der Waals surface area contributed by atoms with Gasteiger partial charge in [-0.05, 0) is 62.3 Å². The van der Waals surface area contributed by atoms with Gasteiger partial charge in [-0.2, -0.15) is 5.10 Å². The molecule has 2 aromatic rings. The van der Waals surface area contributed by atoms with E-state index in [0.29, 0.717) is 30.8 Å². The van der Waals surface area contributed by atoms with E-state index >= 15 is 0 Å². The third kappa shape index (κ3) is 4.29. The van der Waals surface area contributed by atoms with Gasteiger partial charge in [-0.25, -0.2) is 9.31 Å². The summed E-state index contributed by atoms with van der Waals surface area (Å²) in [5.74, 6) is 1.17. The molecule has 1 N–H and O–H groups in total.